The van der Waals surface area contributed by atoms with Crippen LogP contribution in [0.1, 0.15) is 22.9 Å². The van der Waals surface area contributed by atoms with Crippen molar-refractivity contribution in [1.82, 2.24) is 13.7 Å². The Labute approximate surface area is 212 Å². The molecule has 186 valence electrons. The molecule has 1 atom stereocenters. The van der Waals surface area contributed by atoms with Gasteiger partial charge in [0.25, 0.3) is 5.56 Å². The van der Waals surface area contributed by atoms with Gasteiger partial charge < -0.3 is 19.7 Å². The molecule has 2 N–H and O–H groups in total. The number of benzene rings is 3. The molecule has 2 aromatic heterocycles. The van der Waals surface area contributed by atoms with Gasteiger partial charge in [-0.05, 0) is 42.3 Å². The summed E-state index contributed by atoms with van der Waals surface area (Å²) in [5.41, 5.74) is 5.68. The number of nitrogens with zero attached hydrogens (tertiary/aromatic N) is 3. The molecular weight excluding hydrogens is 468 g/mol. The van der Waals surface area contributed by atoms with Crippen molar-refractivity contribution >= 4 is 16.6 Å². The van der Waals surface area contributed by atoms with Gasteiger partial charge in [-0.25, -0.2) is 4.79 Å². The molecule has 0 aliphatic carbocycles. The molecule has 5 aromatic rings. The summed E-state index contributed by atoms with van der Waals surface area (Å²) in [7, 11) is 4.70. The molecule has 0 bridgehead atoms. The highest BCUT2D eigenvalue weighted by Crippen LogP contribution is 2.46. The number of aryl methyl sites for hydroxylation is 2. The number of rotatable bonds is 3. The summed E-state index contributed by atoms with van der Waals surface area (Å²) in [5, 5.41) is 14.7. The van der Waals surface area contributed by atoms with Crippen molar-refractivity contribution in [3.63, 3.8) is 0 Å². The van der Waals surface area contributed by atoms with E-state index in [1.54, 1.807) is 19.2 Å². The van der Waals surface area contributed by atoms with E-state index in [4.69, 9.17) is 4.74 Å². The molecule has 0 spiro atoms. The Morgan fingerprint density at radius 3 is 2.41 bits per heavy atom. The molecule has 8 nitrogen and oxygen atoms in total. The predicted octanol–water partition coefficient (Wildman–Crippen LogP) is 4.23. The molecular formula is C29H26N4O4. The number of ether oxygens (including phenoxy) is 1. The lowest BCUT2D eigenvalue weighted by Gasteiger charge is -2.31. The molecule has 0 unspecified atom stereocenters. The lowest BCUT2D eigenvalue weighted by molar-refractivity contribution is 0.373. The fourth-order valence-electron chi connectivity index (χ4n) is 5.45. The molecule has 3 aromatic carbocycles. The van der Waals surface area contributed by atoms with Crippen molar-refractivity contribution < 1.29 is 9.84 Å². The van der Waals surface area contributed by atoms with Gasteiger partial charge in [-0.1, -0.05) is 42.5 Å². The number of phenolic OH excluding ortho intramolecular Hbond substituents is 1. The third-order valence-electron chi connectivity index (χ3n) is 7.26. The number of aromatic nitrogens is 3. The summed E-state index contributed by atoms with van der Waals surface area (Å²) in [6.45, 7) is 2.01. The number of hydrogen-bond acceptors (Lipinski definition) is 5. The van der Waals surface area contributed by atoms with Gasteiger partial charge in [0.15, 0.2) is 11.5 Å². The molecule has 8 heteroatoms. The molecule has 0 amide bonds. The number of anilines is 1. The van der Waals surface area contributed by atoms with Crippen LogP contribution in [0.2, 0.25) is 0 Å². The Bertz CT molecular complexity index is 1840. The average Bonchev–Trinajstić information content (AvgIpc) is 3.27. The molecule has 0 saturated heterocycles. The van der Waals surface area contributed by atoms with E-state index in [-0.39, 0.29) is 11.3 Å². The Hall–Kier alpha value is -4.72. The van der Waals surface area contributed by atoms with Crippen LogP contribution in [0.3, 0.4) is 0 Å². The maximum Gasteiger partial charge on any atom is 0.331 e. The van der Waals surface area contributed by atoms with Crippen LogP contribution in [-0.2, 0) is 14.1 Å². The van der Waals surface area contributed by atoms with Crippen molar-refractivity contribution in [3.8, 4) is 28.4 Å². The topological polar surface area (TPSA) is 90.4 Å². The zero-order valence-electron chi connectivity index (χ0n) is 20.9. The van der Waals surface area contributed by atoms with Gasteiger partial charge >= 0.3 is 5.69 Å². The van der Waals surface area contributed by atoms with E-state index in [0.29, 0.717) is 16.7 Å². The van der Waals surface area contributed by atoms with E-state index >= 15 is 0 Å². The second kappa shape index (κ2) is 8.16. The van der Waals surface area contributed by atoms with E-state index in [0.717, 1.165) is 44.0 Å². The number of nitrogens with one attached hydrogen (secondary N) is 1. The van der Waals surface area contributed by atoms with Crippen LogP contribution in [-0.4, -0.2) is 25.9 Å². The van der Waals surface area contributed by atoms with Crippen LogP contribution < -0.4 is 21.3 Å². The lowest BCUT2D eigenvalue weighted by atomic mass is 9.99. The van der Waals surface area contributed by atoms with E-state index in [9.17, 15) is 14.7 Å². The highest BCUT2D eigenvalue weighted by Gasteiger charge is 2.35. The number of para-hydroxylation sites is 2. The average molecular weight is 495 g/mol. The number of aromatic hydroxyl groups is 1. The predicted molar refractivity (Wildman–Crippen MR) is 144 cm³/mol. The molecule has 37 heavy (non-hydrogen) atoms. The molecule has 0 radical (unpaired) electrons. The number of methoxy groups -OCH3 is 1. The lowest BCUT2D eigenvalue weighted by Crippen LogP contribution is -2.37. The van der Waals surface area contributed by atoms with E-state index in [2.05, 4.69) is 9.88 Å². The summed E-state index contributed by atoms with van der Waals surface area (Å²) < 4.78 is 10.0. The molecule has 1 aliphatic heterocycles. The third kappa shape index (κ3) is 3.15. The standard InChI is InChI=1S/C29H26N4O4/c1-16-9-5-6-10-18(16)25-23-26(31(2)29(36)32(3)28(23)35)27-24(17-13-14-22(37-4)21(34)15-17)30-19-11-7-8-12-20(19)33(25)27/h5-15,24,30,34H,1-4H3/t24-/m0/s1. The fourth-order valence-corrected chi connectivity index (χ4v) is 5.45. The third-order valence-corrected chi connectivity index (χ3v) is 7.26. The Kier molecular flexibility index (Phi) is 5.01. The minimum Gasteiger partial charge on any atom is -0.504 e. The first-order valence-electron chi connectivity index (χ1n) is 12.0. The van der Waals surface area contributed by atoms with Crippen LogP contribution in [0.25, 0.3) is 27.8 Å². The largest absolute Gasteiger partial charge is 0.504 e. The summed E-state index contributed by atoms with van der Waals surface area (Å²) in [5.74, 6) is 0.370. The Balaban J connectivity index is 1.84. The zero-order valence-corrected chi connectivity index (χ0v) is 20.9. The van der Waals surface area contributed by atoms with Crippen LogP contribution in [0.5, 0.6) is 11.5 Å². The maximum absolute atomic E-state index is 13.8. The smallest absolute Gasteiger partial charge is 0.331 e. The first-order chi connectivity index (χ1) is 17.8. The normalized spacial score (nSPS) is 14.2. The monoisotopic (exact) mass is 494 g/mol. The van der Waals surface area contributed by atoms with Gasteiger partial charge in [-0.3, -0.25) is 13.9 Å². The van der Waals surface area contributed by atoms with Crippen LogP contribution in [0.15, 0.2) is 76.3 Å². The Morgan fingerprint density at radius 1 is 0.946 bits per heavy atom. The first-order valence-corrected chi connectivity index (χ1v) is 12.0. The van der Waals surface area contributed by atoms with Crippen molar-refractivity contribution in [2.24, 2.45) is 14.1 Å². The number of phenols is 1. The van der Waals surface area contributed by atoms with Crippen molar-refractivity contribution in [3.05, 3.63) is 104 Å². The van der Waals surface area contributed by atoms with E-state index in [1.165, 1.54) is 18.7 Å². The molecule has 3 heterocycles. The second-order valence-electron chi connectivity index (χ2n) is 9.34. The summed E-state index contributed by atoms with van der Waals surface area (Å²) in [6.07, 6.45) is 0. The quantitative estimate of drug-likeness (QED) is 0.392. The second-order valence-corrected chi connectivity index (χ2v) is 9.34. The molecule has 6 rings (SSSR count). The Morgan fingerprint density at radius 2 is 1.68 bits per heavy atom. The highest BCUT2D eigenvalue weighted by molar-refractivity contribution is 5.99. The van der Waals surface area contributed by atoms with E-state index in [1.807, 2.05) is 61.5 Å². The van der Waals surface area contributed by atoms with Crippen LogP contribution in [0.4, 0.5) is 5.69 Å². The van der Waals surface area contributed by atoms with Crippen molar-refractivity contribution in [2.45, 2.75) is 13.0 Å². The van der Waals surface area contributed by atoms with Crippen LogP contribution >= 0.6 is 0 Å². The van der Waals surface area contributed by atoms with E-state index < -0.39 is 11.7 Å². The molecule has 0 fully saturated rings. The zero-order chi connectivity index (χ0) is 26.0. The SMILES string of the molecule is COc1ccc([C@@H]2Nc3ccccc3-n3c(-c4ccccc4C)c4c(=O)n(C)c(=O)n(C)c4c32)cc1O. The van der Waals surface area contributed by atoms with Gasteiger partial charge in [0.1, 0.15) is 0 Å². The van der Waals surface area contributed by atoms with Crippen molar-refractivity contribution in [2.75, 3.05) is 12.4 Å². The van der Waals surface area contributed by atoms with Gasteiger partial charge in [0.05, 0.1) is 46.8 Å². The van der Waals surface area contributed by atoms with Crippen LogP contribution in [0, 0.1) is 6.92 Å². The first kappa shape index (κ1) is 22.7. The fraction of sp³-hybridized carbons (Fsp3) is 0.172. The van der Waals surface area contributed by atoms with Gasteiger partial charge in [-0.2, -0.15) is 0 Å². The highest BCUT2D eigenvalue weighted by atomic mass is 16.5. The summed E-state index contributed by atoms with van der Waals surface area (Å²) in [4.78, 5) is 26.9. The van der Waals surface area contributed by atoms with Crippen molar-refractivity contribution in [1.29, 1.82) is 0 Å². The molecule has 1 aliphatic rings. The number of fused-ring (bicyclic) bond motifs is 5. The number of hydrogen-bond donors (Lipinski definition) is 2. The summed E-state index contributed by atoms with van der Waals surface area (Å²) >= 11 is 0. The minimum absolute atomic E-state index is 0.00648. The van der Waals surface area contributed by atoms with Gasteiger partial charge in [0.2, 0.25) is 0 Å². The molecule has 0 saturated carbocycles. The maximum atomic E-state index is 13.8. The summed E-state index contributed by atoms with van der Waals surface area (Å²) in [6, 6.07) is 20.6. The van der Waals surface area contributed by atoms with Gasteiger partial charge in [-0.15, -0.1) is 0 Å². The minimum atomic E-state index is -0.468. The van der Waals surface area contributed by atoms with Gasteiger partial charge in [0, 0.05) is 19.7 Å².